The first-order valence-electron chi connectivity index (χ1n) is 4.63. The van der Waals surface area contributed by atoms with Crippen LogP contribution >= 0.6 is 0 Å². The Morgan fingerprint density at radius 3 is 1.69 bits per heavy atom. The van der Waals surface area contributed by atoms with E-state index < -0.39 is 0 Å². The first-order valence-corrected chi connectivity index (χ1v) is 4.63. The zero-order valence-electron chi connectivity index (χ0n) is 9.26. The van der Waals surface area contributed by atoms with E-state index in [2.05, 4.69) is 18.8 Å². The van der Waals surface area contributed by atoms with Crippen molar-refractivity contribution in [1.82, 2.24) is 0 Å². The number of hydrogen-bond acceptors (Lipinski definition) is 3. The van der Waals surface area contributed by atoms with Gasteiger partial charge in [0.05, 0.1) is 11.4 Å². The van der Waals surface area contributed by atoms with Gasteiger partial charge in [-0.15, -0.1) is 0 Å². The number of nitrogens with two attached hydrogens (primary N) is 2. The van der Waals surface area contributed by atoms with Crippen LogP contribution in [0.5, 0.6) is 0 Å². The Morgan fingerprint density at radius 1 is 1.00 bits per heavy atom. The van der Waals surface area contributed by atoms with Gasteiger partial charge < -0.3 is 11.5 Å². The zero-order valence-corrected chi connectivity index (χ0v) is 9.26. The van der Waals surface area contributed by atoms with Crippen molar-refractivity contribution < 1.29 is 0 Å². The highest BCUT2D eigenvalue weighted by molar-refractivity contribution is 6.01. The van der Waals surface area contributed by atoms with Gasteiger partial charge in [0.2, 0.25) is 0 Å². The monoisotopic (exact) mass is 183 g/mol. The summed E-state index contributed by atoms with van der Waals surface area (Å²) in [4.78, 5) is 4.14. The summed E-state index contributed by atoms with van der Waals surface area (Å²) < 4.78 is 0. The fraction of sp³-hybridized carbons (Fsp3) is 0.700. The molecule has 13 heavy (non-hydrogen) atoms. The highest BCUT2D eigenvalue weighted by Gasteiger charge is 2.12. The molecule has 0 amide bonds. The molecule has 76 valence electrons. The van der Waals surface area contributed by atoms with E-state index >= 15 is 0 Å². The summed E-state index contributed by atoms with van der Waals surface area (Å²) in [6.45, 7) is 8.16. The number of nitrogens with zero attached hydrogens (tertiary/aromatic N) is 1. The molecule has 0 saturated heterocycles. The molecule has 0 radical (unpaired) electrons. The fourth-order valence-electron chi connectivity index (χ4n) is 1.15. The van der Waals surface area contributed by atoms with Gasteiger partial charge >= 0.3 is 0 Å². The maximum Gasteiger partial charge on any atom is 0.0724 e. The topological polar surface area (TPSA) is 64.4 Å². The largest absolute Gasteiger partial charge is 0.400 e. The smallest absolute Gasteiger partial charge is 0.0724 e. The number of rotatable bonds is 3. The molecular weight excluding hydrogens is 162 g/mol. The van der Waals surface area contributed by atoms with Crippen LogP contribution in [0.1, 0.15) is 27.7 Å². The quantitative estimate of drug-likeness (QED) is 0.651. The summed E-state index contributed by atoms with van der Waals surface area (Å²) >= 11 is 0. The molecule has 0 atom stereocenters. The second-order valence-corrected chi connectivity index (χ2v) is 3.79. The van der Waals surface area contributed by atoms with Crippen LogP contribution in [0.25, 0.3) is 0 Å². The SMILES string of the molecule is CN=C(/C(N)=C(\N)C(C)C)C(C)C. The van der Waals surface area contributed by atoms with Crippen LogP contribution < -0.4 is 11.5 Å². The molecule has 0 aliphatic carbocycles. The predicted molar refractivity (Wildman–Crippen MR) is 58.4 cm³/mol. The van der Waals surface area contributed by atoms with E-state index in [1.807, 2.05) is 13.8 Å². The standard InChI is InChI=1S/C10H21N3/c1-6(2)8(11)9(12)10(13-5)7(3)4/h6-7H,11-12H2,1-5H3/b9-8+,13-10?. The second kappa shape index (κ2) is 4.90. The predicted octanol–water partition coefficient (Wildman–Crippen LogP) is 1.50. The van der Waals surface area contributed by atoms with Crippen LogP contribution in [0.2, 0.25) is 0 Å². The lowest BCUT2D eigenvalue weighted by Gasteiger charge is -2.14. The minimum atomic E-state index is 0.274. The van der Waals surface area contributed by atoms with E-state index in [9.17, 15) is 0 Å². The Morgan fingerprint density at radius 2 is 1.46 bits per heavy atom. The van der Waals surface area contributed by atoms with E-state index in [-0.39, 0.29) is 5.92 Å². The van der Waals surface area contributed by atoms with Crippen LogP contribution in [0.4, 0.5) is 0 Å². The van der Waals surface area contributed by atoms with Crippen LogP contribution in [0, 0.1) is 11.8 Å². The summed E-state index contributed by atoms with van der Waals surface area (Å²) in [6, 6.07) is 0. The molecule has 0 unspecified atom stereocenters. The zero-order chi connectivity index (χ0) is 10.6. The molecule has 0 aromatic rings. The lowest BCUT2D eigenvalue weighted by Crippen LogP contribution is -2.24. The molecule has 0 fully saturated rings. The van der Waals surface area contributed by atoms with Gasteiger partial charge in [-0.25, -0.2) is 0 Å². The first kappa shape index (κ1) is 12.0. The Hall–Kier alpha value is -0.990. The fourth-order valence-corrected chi connectivity index (χ4v) is 1.15. The van der Waals surface area contributed by atoms with E-state index in [0.29, 0.717) is 11.6 Å². The Bertz CT molecular complexity index is 224. The molecule has 0 saturated carbocycles. The highest BCUT2D eigenvalue weighted by Crippen LogP contribution is 2.11. The van der Waals surface area contributed by atoms with Crippen molar-refractivity contribution >= 4 is 5.71 Å². The van der Waals surface area contributed by atoms with Gasteiger partial charge in [-0.3, -0.25) is 4.99 Å². The highest BCUT2D eigenvalue weighted by atomic mass is 14.8. The average molecular weight is 183 g/mol. The van der Waals surface area contributed by atoms with Gasteiger partial charge in [-0.1, -0.05) is 27.7 Å². The minimum Gasteiger partial charge on any atom is -0.400 e. The third kappa shape index (κ3) is 3.09. The van der Waals surface area contributed by atoms with Gasteiger partial charge in [0.15, 0.2) is 0 Å². The number of hydrogen-bond donors (Lipinski definition) is 2. The molecule has 0 rings (SSSR count). The van der Waals surface area contributed by atoms with E-state index in [4.69, 9.17) is 11.5 Å². The molecule has 3 nitrogen and oxygen atoms in total. The molecule has 3 heteroatoms. The van der Waals surface area contributed by atoms with Crippen molar-refractivity contribution in [3.8, 4) is 0 Å². The third-order valence-electron chi connectivity index (χ3n) is 2.00. The van der Waals surface area contributed by atoms with Crippen LogP contribution in [-0.2, 0) is 0 Å². The summed E-state index contributed by atoms with van der Waals surface area (Å²) in [6.07, 6.45) is 0. The van der Waals surface area contributed by atoms with Gasteiger partial charge in [0.1, 0.15) is 0 Å². The van der Waals surface area contributed by atoms with Crippen LogP contribution in [0.3, 0.4) is 0 Å². The lowest BCUT2D eigenvalue weighted by atomic mass is 10.00. The van der Waals surface area contributed by atoms with Crippen molar-refractivity contribution in [2.75, 3.05) is 7.05 Å². The van der Waals surface area contributed by atoms with Crippen molar-refractivity contribution in [2.45, 2.75) is 27.7 Å². The van der Waals surface area contributed by atoms with E-state index in [1.165, 1.54) is 0 Å². The van der Waals surface area contributed by atoms with Crippen molar-refractivity contribution in [3.05, 3.63) is 11.4 Å². The van der Waals surface area contributed by atoms with Gasteiger partial charge in [-0.05, 0) is 11.8 Å². The minimum absolute atomic E-state index is 0.274. The van der Waals surface area contributed by atoms with E-state index in [0.717, 1.165) is 11.4 Å². The van der Waals surface area contributed by atoms with Gasteiger partial charge in [0, 0.05) is 12.7 Å². The Kier molecular flexibility index (Phi) is 4.52. The van der Waals surface area contributed by atoms with Crippen LogP contribution in [-0.4, -0.2) is 12.8 Å². The van der Waals surface area contributed by atoms with Gasteiger partial charge in [-0.2, -0.15) is 0 Å². The Balaban J connectivity index is 4.95. The molecule has 0 bridgehead atoms. The maximum atomic E-state index is 5.90. The van der Waals surface area contributed by atoms with Crippen molar-refractivity contribution in [2.24, 2.45) is 28.3 Å². The normalized spacial score (nSPS) is 15.2. The molecule has 0 aromatic carbocycles. The summed E-state index contributed by atoms with van der Waals surface area (Å²) in [5.74, 6) is 0.595. The van der Waals surface area contributed by atoms with Crippen LogP contribution in [0.15, 0.2) is 16.4 Å². The average Bonchev–Trinajstić information content (AvgIpc) is 2.03. The van der Waals surface area contributed by atoms with Gasteiger partial charge in [0.25, 0.3) is 0 Å². The third-order valence-corrected chi connectivity index (χ3v) is 2.00. The molecular formula is C10H21N3. The molecule has 0 heterocycles. The Labute approximate surface area is 80.9 Å². The maximum absolute atomic E-state index is 5.90. The molecule has 4 N–H and O–H groups in total. The second-order valence-electron chi connectivity index (χ2n) is 3.79. The molecule has 0 spiro atoms. The van der Waals surface area contributed by atoms with Crippen molar-refractivity contribution in [3.63, 3.8) is 0 Å². The number of aliphatic imine (C=N–C) groups is 1. The lowest BCUT2D eigenvalue weighted by molar-refractivity contribution is 0.744. The molecule has 0 aliphatic heterocycles. The van der Waals surface area contributed by atoms with Crippen molar-refractivity contribution in [1.29, 1.82) is 0 Å². The first-order chi connectivity index (χ1) is 5.91. The summed E-state index contributed by atoms with van der Waals surface area (Å²) in [7, 11) is 1.75. The van der Waals surface area contributed by atoms with E-state index in [1.54, 1.807) is 7.05 Å². The summed E-state index contributed by atoms with van der Waals surface area (Å²) in [5.41, 5.74) is 14.0. The molecule has 0 aromatic heterocycles. The molecule has 0 aliphatic rings. The number of allylic oxidation sites excluding steroid dienone is 2. The summed E-state index contributed by atoms with van der Waals surface area (Å²) in [5, 5.41) is 0.